The molecule has 0 aliphatic rings. The van der Waals surface area contributed by atoms with Crippen LogP contribution in [0.2, 0.25) is 0 Å². The summed E-state index contributed by atoms with van der Waals surface area (Å²) < 4.78 is 0. The van der Waals surface area contributed by atoms with Gasteiger partial charge >= 0.3 is 0 Å². The highest BCUT2D eigenvalue weighted by molar-refractivity contribution is 5.94. The summed E-state index contributed by atoms with van der Waals surface area (Å²) in [7, 11) is 0. The van der Waals surface area contributed by atoms with Crippen LogP contribution in [-0.4, -0.2) is 0 Å². The largest absolute Gasteiger partial charge is 0.311 e. The lowest BCUT2D eigenvalue weighted by Gasteiger charge is -2.26. The molecule has 0 heterocycles. The molecule has 0 aliphatic heterocycles. The predicted octanol–water partition coefficient (Wildman–Crippen LogP) is 15.8. The van der Waals surface area contributed by atoms with Crippen molar-refractivity contribution in [2.24, 2.45) is 0 Å². The molecule has 57 heavy (non-hydrogen) atoms. The van der Waals surface area contributed by atoms with Crippen LogP contribution in [-0.2, 0) is 0 Å². The van der Waals surface area contributed by atoms with Crippen molar-refractivity contribution >= 4 is 38.6 Å². The summed E-state index contributed by atoms with van der Waals surface area (Å²) in [4.78, 5) is 2.35. The molecule has 10 aromatic carbocycles. The Bertz CT molecular complexity index is 2880. The third-order valence-corrected chi connectivity index (χ3v) is 11.1. The average Bonchev–Trinajstić information content (AvgIpc) is 3.30. The predicted molar refractivity (Wildman–Crippen MR) is 243 cm³/mol. The molecule has 0 spiro atoms. The highest BCUT2D eigenvalue weighted by Crippen LogP contribution is 2.41. The Morgan fingerprint density at radius 3 is 1.05 bits per heavy atom. The molecule has 268 valence electrons. The maximum Gasteiger partial charge on any atom is 0.0462 e. The number of rotatable bonds is 8. The molecule has 0 bridgehead atoms. The lowest BCUT2D eigenvalue weighted by molar-refractivity contribution is 1.28. The second kappa shape index (κ2) is 15.0. The minimum atomic E-state index is 1.09. The third kappa shape index (κ3) is 6.88. The molecule has 0 amide bonds. The van der Waals surface area contributed by atoms with Crippen LogP contribution in [0.4, 0.5) is 17.1 Å². The van der Waals surface area contributed by atoms with E-state index in [2.05, 4.69) is 241 Å². The molecule has 0 atom stereocenters. The molecule has 10 rings (SSSR count). The fourth-order valence-electron chi connectivity index (χ4n) is 8.04. The first kappa shape index (κ1) is 34.0. The first-order valence-corrected chi connectivity index (χ1v) is 19.6. The van der Waals surface area contributed by atoms with E-state index < -0.39 is 0 Å². The van der Waals surface area contributed by atoms with E-state index in [4.69, 9.17) is 0 Å². The van der Waals surface area contributed by atoms with E-state index in [-0.39, 0.29) is 0 Å². The van der Waals surface area contributed by atoms with E-state index >= 15 is 0 Å². The Morgan fingerprint density at radius 2 is 0.544 bits per heavy atom. The SMILES string of the molecule is c1ccc(-c2ccc(N(c3ccc(-c4ccccc4)cc3)c3ccc(-c4cc(-c5ccc6ccccc6c5)ccc4-c4ccc5ccccc5c4)cc3)cc2)cc1. The highest BCUT2D eigenvalue weighted by Gasteiger charge is 2.16. The number of benzene rings is 10. The van der Waals surface area contributed by atoms with Crippen molar-refractivity contribution < 1.29 is 0 Å². The molecular formula is C56H39N. The minimum absolute atomic E-state index is 1.09. The first-order chi connectivity index (χ1) is 28.2. The van der Waals surface area contributed by atoms with Gasteiger partial charge in [-0.05, 0) is 132 Å². The van der Waals surface area contributed by atoms with E-state index in [1.54, 1.807) is 0 Å². The molecular weight excluding hydrogens is 687 g/mol. The van der Waals surface area contributed by atoms with Gasteiger partial charge in [-0.15, -0.1) is 0 Å². The molecule has 1 heteroatoms. The van der Waals surface area contributed by atoms with Crippen molar-refractivity contribution in [3.63, 3.8) is 0 Å². The summed E-state index contributed by atoms with van der Waals surface area (Å²) in [6.07, 6.45) is 0. The maximum absolute atomic E-state index is 2.37. The summed E-state index contributed by atoms with van der Waals surface area (Å²) in [5, 5.41) is 4.97. The summed E-state index contributed by atoms with van der Waals surface area (Å²) in [5.74, 6) is 0. The minimum Gasteiger partial charge on any atom is -0.311 e. The van der Waals surface area contributed by atoms with E-state index in [9.17, 15) is 0 Å². The van der Waals surface area contributed by atoms with Gasteiger partial charge in [0.25, 0.3) is 0 Å². The number of hydrogen-bond donors (Lipinski definition) is 0. The normalized spacial score (nSPS) is 11.2. The summed E-state index contributed by atoms with van der Waals surface area (Å²) in [6.45, 7) is 0. The Hall–Kier alpha value is -7.48. The second-order valence-electron chi connectivity index (χ2n) is 14.6. The van der Waals surface area contributed by atoms with Crippen LogP contribution in [0.25, 0.3) is 77.2 Å². The molecule has 10 aromatic rings. The quantitative estimate of drug-likeness (QED) is 0.151. The maximum atomic E-state index is 2.37. The van der Waals surface area contributed by atoms with E-state index in [1.165, 1.54) is 77.2 Å². The molecule has 0 N–H and O–H groups in total. The van der Waals surface area contributed by atoms with Crippen LogP contribution in [0.1, 0.15) is 0 Å². The van der Waals surface area contributed by atoms with Crippen LogP contribution in [0, 0.1) is 0 Å². The molecule has 0 saturated carbocycles. The van der Waals surface area contributed by atoms with Gasteiger partial charge in [0, 0.05) is 17.1 Å². The summed E-state index contributed by atoms with van der Waals surface area (Å²) in [5.41, 5.74) is 15.3. The molecule has 1 nitrogen and oxygen atoms in total. The smallest absolute Gasteiger partial charge is 0.0462 e. The molecule has 0 unspecified atom stereocenters. The first-order valence-electron chi connectivity index (χ1n) is 19.6. The number of hydrogen-bond acceptors (Lipinski definition) is 1. The van der Waals surface area contributed by atoms with Crippen molar-refractivity contribution in [3.8, 4) is 55.6 Å². The van der Waals surface area contributed by atoms with Gasteiger partial charge in [-0.25, -0.2) is 0 Å². The number of anilines is 3. The Labute approximate surface area is 334 Å². The monoisotopic (exact) mass is 725 g/mol. The van der Waals surface area contributed by atoms with Gasteiger partial charge in [-0.2, -0.15) is 0 Å². The fraction of sp³-hybridized carbons (Fsp3) is 0. The standard InChI is InChI=1S/C56H39N/c1-3-11-40(12-4-1)44-23-30-52(31-24-44)57(53-32-25-45(26-33-53)41-13-5-2-6-14-41)54-34-27-46(28-35-54)56-39-50(49-21-19-42-15-7-9-17-47(42)37-49)29-36-55(56)51-22-20-43-16-8-10-18-48(43)38-51/h1-39H. The third-order valence-electron chi connectivity index (χ3n) is 11.1. The van der Waals surface area contributed by atoms with Gasteiger partial charge in [0.2, 0.25) is 0 Å². The zero-order valence-electron chi connectivity index (χ0n) is 31.5. The molecule has 0 aromatic heterocycles. The summed E-state index contributed by atoms with van der Waals surface area (Å²) in [6, 6.07) is 85.7. The van der Waals surface area contributed by atoms with Crippen molar-refractivity contribution in [3.05, 3.63) is 237 Å². The number of nitrogens with zero attached hydrogens (tertiary/aromatic N) is 1. The lowest BCUT2D eigenvalue weighted by Crippen LogP contribution is -2.09. The topological polar surface area (TPSA) is 3.24 Å². The van der Waals surface area contributed by atoms with Crippen LogP contribution in [0.5, 0.6) is 0 Å². The number of fused-ring (bicyclic) bond motifs is 2. The Morgan fingerprint density at radius 1 is 0.193 bits per heavy atom. The van der Waals surface area contributed by atoms with E-state index in [1.807, 2.05) is 0 Å². The van der Waals surface area contributed by atoms with Gasteiger partial charge in [-0.1, -0.05) is 182 Å². The van der Waals surface area contributed by atoms with Crippen molar-refractivity contribution in [1.29, 1.82) is 0 Å². The lowest BCUT2D eigenvalue weighted by atomic mass is 9.89. The van der Waals surface area contributed by atoms with Crippen LogP contribution in [0.15, 0.2) is 237 Å². The second-order valence-corrected chi connectivity index (χ2v) is 14.6. The van der Waals surface area contributed by atoms with Gasteiger partial charge in [0.1, 0.15) is 0 Å². The molecule has 0 aliphatic carbocycles. The zero-order valence-corrected chi connectivity index (χ0v) is 31.5. The Balaban J connectivity index is 1.07. The van der Waals surface area contributed by atoms with Gasteiger partial charge in [0.15, 0.2) is 0 Å². The van der Waals surface area contributed by atoms with E-state index in [0.29, 0.717) is 0 Å². The highest BCUT2D eigenvalue weighted by atomic mass is 15.1. The van der Waals surface area contributed by atoms with Crippen molar-refractivity contribution in [2.45, 2.75) is 0 Å². The van der Waals surface area contributed by atoms with Crippen LogP contribution in [0.3, 0.4) is 0 Å². The Kier molecular flexibility index (Phi) is 8.95. The molecule has 0 fully saturated rings. The van der Waals surface area contributed by atoms with Gasteiger partial charge < -0.3 is 4.90 Å². The van der Waals surface area contributed by atoms with Crippen LogP contribution < -0.4 is 4.90 Å². The fourth-order valence-corrected chi connectivity index (χ4v) is 8.04. The molecule has 0 radical (unpaired) electrons. The van der Waals surface area contributed by atoms with Crippen LogP contribution >= 0.6 is 0 Å². The summed E-state index contributed by atoms with van der Waals surface area (Å²) >= 11 is 0. The van der Waals surface area contributed by atoms with Gasteiger partial charge in [0.05, 0.1) is 0 Å². The average molecular weight is 726 g/mol. The van der Waals surface area contributed by atoms with E-state index in [0.717, 1.165) is 17.1 Å². The zero-order chi connectivity index (χ0) is 38.0. The molecule has 0 saturated heterocycles. The van der Waals surface area contributed by atoms with Gasteiger partial charge in [-0.3, -0.25) is 0 Å². The van der Waals surface area contributed by atoms with Crippen molar-refractivity contribution in [1.82, 2.24) is 0 Å². The van der Waals surface area contributed by atoms with Crippen molar-refractivity contribution in [2.75, 3.05) is 4.90 Å².